The van der Waals surface area contributed by atoms with E-state index < -0.39 is 0 Å². The van der Waals surface area contributed by atoms with Crippen molar-refractivity contribution < 1.29 is 9.53 Å². The lowest BCUT2D eigenvalue weighted by Crippen LogP contribution is -2.22. The van der Waals surface area contributed by atoms with Crippen LogP contribution in [0.15, 0.2) is 24.4 Å². The number of para-hydroxylation sites is 1. The number of aryl methyl sites for hydroxylation is 2. The van der Waals surface area contributed by atoms with Crippen molar-refractivity contribution in [3.8, 4) is 5.75 Å². The average Bonchev–Trinajstić information content (AvgIpc) is 2.86. The van der Waals surface area contributed by atoms with Gasteiger partial charge in [0.25, 0.3) is 5.91 Å². The molecule has 1 aromatic carbocycles. The van der Waals surface area contributed by atoms with Crippen LogP contribution in [0.3, 0.4) is 0 Å². The fraction of sp³-hybridized carbons (Fsp3) is 0.333. The van der Waals surface area contributed by atoms with E-state index in [0.29, 0.717) is 17.9 Å². The Bertz CT molecular complexity index is 678. The summed E-state index contributed by atoms with van der Waals surface area (Å²) in [4.78, 5) is 12.5. The quantitative estimate of drug-likeness (QED) is 0.906. The number of ether oxygens (including phenoxy) is 1. The number of carbonyl (C=O) groups excluding carboxylic acids is 1. The molecule has 1 aliphatic heterocycles. The van der Waals surface area contributed by atoms with Crippen LogP contribution in [-0.2, 0) is 13.5 Å². The van der Waals surface area contributed by atoms with Gasteiger partial charge < -0.3 is 15.4 Å². The fourth-order valence-electron chi connectivity index (χ4n) is 2.44. The molecule has 0 spiro atoms. The van der Waals surface area contributed by atoms with Gasteiger partial charge in [0.2, 0.25) is 0 Å². The third-order valence-corrected chi connectivity index (χ3v) is 3.41. The zero-order valence-electron chi connectivity index (χ0n) is 12.1. The predicted molar refractivity (Wildman–Crippen MR) is 81.0 cm³/mol. The molecular weight excluding hydrogens is 268 g/mol. The summed E-state index contributed by atoms with van der Waals surface area (Å²) in [5, 5.41) is 10.5. The molecule has 3 rings (SSSR count). The standard InChI is InChI=1S/C15H18N4O2/c1-3-11-13(9-19(2)18-11)17-15(20)10-5-4-6-12-14(10)21-8-7-16-12/h4-6,9,16H,3,7-8H2,1-2H3,(H,17,20). The first-order valence-corrected chi connectivity index (χ1v) is 7.02. The van der Waals surface area contributed by atoms with Crippen molar-refractivity contribution in [1.29, 1.82) is 0 Å². The lowest BCUT2D eigenvalue weighted by molar-refractivity contribution is 0.102. The monoisotopic (exact) mass is 286 g/mol. The number of rotatable bonds is 3. The van der Waals surface area contributed by atoms with Crippen LogP contribution in [-0.4, -0.2) is 28.8 Å². The van der Waals surface area contributed by atoms with Gasteiger partial charge in [-0.15, -0.1) is 0 Å². The highest BCUT2D eigenvalue weighted by atomic mass is 16.5. The average molecular weight is 286 g/mol. The summed E-state index contributed by atoms with van der Waals surface area (Å²) in [6, 6.07) is 5.52. The minimum atomic E-state index is -0.182. The van der Waals surface area contributed by atoms with Gasteiger partial charge in [0, 0.05) is 19.8 Å². The van der Waals surface area contributed by atoms with Gasteiger partial charge in [-0.1, -0.05) is 13.0 Å². The molecule has 1 aromatic heterocycles. The Morgan fingerprint density at radius 1 is 1.52 bits per heavy atom. The molecule has 21 heavy (non-hydrogen) atoms. The summed E-state index contributed by atoms with van der Waals surface area (Å²) < 4.78 is 7.33. The minimum absolute atomic E-state index is 0.182. The molecule has 0 aliphatic carbocycles. The van der Waals surface area contributed by atoms with Gasteiger partial charge in [0.15, 0.2) is 5.75 Å². The maximum Gasteiger partial charge on any atom is 0.259 e. The number of amides is 1. The molecular formula is C15H18N4O2. The predicted octanol–water partition coefficient (Wildman–Crippen LogP) is 2.04. The van der Waals surface area contributed by atoms with Gasteiger partial charge in [0.05, 0.1) is 22.6 Å². The Hall–Kier alpha value is -2.50. The van der Waals surface area contributed by atoms with Gasteiger partial charge in [0.1, 0.15) is 6.61 Å². The molecule has 0 atom stereocenters. The second-order valence-corrected chi connectivity index (χ2v) is 4.93. The normalized spacial score (nSPS) is 13.0. The van der Waals surface area contributed by atoms with Crippen molar-refractivity contribution in [2.24, 2.45) is 7.05 Å². The van der Waals surface area contributed by atoms with Crippen molar-refractivity contribution in [2.45, 2.75) is 13.3 Å². The highest BCUT2D eigenvalue weighted by molar-refractivity contribution is 6.07. The molecule has 6 nitrogen and oxygen atoms in total. The van der Waals surface area contributed by atoms with Crippen LogP contribution in [0.25, 0.3) is 0 Å². The van der Waals surface area contributed by atoms with Gasteiger partial charge >= 0.3 is 0 Å². The SMILES string of the molecule is CCc1nn(C)cc1NC(=O)c1cccc2c1OCCN2. The van der Waals surface area contributed by atoms with Crippen molar-refractivity contribution in [3.05, 3.63) is 35.7 Å². The number of anilines is 2. The smallest absolute Gasteiger partial charge is 0.259 e. The van der Waals surface area contributed by atoms with E-state index in [0.717, 1.165) is 30.0 Å². The number of hydrogen-bond donors (Lipinski definition) is 2. The van der Waals surface area contributed by atoms with Crippen LogP contribution >= 0.6 is 0 Å². The molecule has 2 aromatic rings. The van der Waals surface area contributed by atoms with E-state index in [1.165, 1.54) is 0 Å². The van der Waals surface area contributed by atoms with E-state index in [1.807, 2.05) is 32.3 Å². The number of aromatic nitrogens is 2. The first-order chi connectivity index (χ1) is 10.2. The summed E-state index contributed by atoms with van der Waals surface area (Å²) in [7, 11) is 1.84. The van der Waals surface area contributed by atoms with Crippen molar-refractivity contribution in [3.63, 3.8) is 0 Å². The van der Waals surface area contributed by atoms with Gasteiger partial charge in [-0.2, -0.15) is 5.10 Å². The summed E-state index contributed by atoms with van der Waals surface area (Å²) in [6.45, 7) is 3.32. The van der Waals surface area contributed by atoms with Crippen molar-refractivity contribution in [2.75, 3.05) is 23.8 Å². The van der Waals surface area contributed by atoms with Gasteiger partial charge in [-0.25, -0.2) is 0 Å². The maximum atomic E-state index is 12.5. The lowest BCUT2D eigenvalue weighted by Gasteiger charge is -2.21. The highest BCUT2D eigenvalue weighted by Crippen LogP contribution is 2.31. The number of carbonyl (C=O) groups is 1. The van der Waals surface area contributed by atoms with Crippen LogP contribution in [0.1, 0.15) is 23.0 Å². The Kier molecular flexibility index (Phi) is 3.51. The topological polar surface area (TPSA) is 68.2 Å². The molecule has 1 aliphatic rings. The molecule has 0 saturated heterocycles. The van der Waals surface area contributed by atoms with E-state index in [-0.39, 0.29) is 5.91 Å². The summed E-state index contributed by atoms with van der Waals surface area (Å²) in [5.41, 5.74) is 3.00. The fourth-order valence-corrected chi connectivity index (χ4v) is 2.44. The molecule has 1 amide bonds. The Morgan fingerprint density at radius 2 is 2.38 bits per heavy atom. The minimum Gasteiger partial charge on any atom is -0.489 e. The number of nitrogens with zero attached hydrogens (tertiary/aromatic N) is 2. The number of nitrogens with one attached hydrogen (secondary N) is 2. The number of fused-ring (bicyclic) bond motifs is 1. The zero-order valence-corrected chi connectivity index (χ0v) is 12.1. The molecule has 0 unspecified atom stereocenters. The molecule has 0 saturated carbocycles. The van der Waals surface area contributed by atoms with E-state index in [2.05, 4.69) is 15.7 Å². The molecule has 0 radical (unpaired) electrons. The zero-order chi connectivity index (χ0) is 14.8. The lowest BCUT2D eigenvalue weighted by atomic mass is 10.1. The molecule has 6 heteroatoms. The van der Waals surface area contributed by atoms with Crippen LogP contribution in [0.2, 0.25) is 0 Å². The van der Waals surface area contributed by atoms with Gasteiger partial charge in [-0.05, 0) is 18.6 Å². The molecule has 0 fully saturated rings. The number of benzene rings is 1. The molecule has 110 valence electrons. The second-order valence-electron chi connectivity index (χ2n) is 4.93. The van der Waals surface area contributed by atoms with Crippen molar-refractivity contribution >= 4 is 17.3 Å². The second kappa shape index (κ2) is 5.47. The summed E-state index contributed by atoms with van der Waals surface area (Å²) in [6.07, 6.45) is 2.58. The van der Waals surface area contributed by atoms with Crippen LogP contribution in [0.5, 0.6) is 5.75 Å². The van der Waals surface area contributed by atoms with E-state index in [9.17, 15) is 4.79 Å². The van der Waals surface area contributed by atoms with Crippen LogP contribution < -0.4 is 15.4 Å². The van der Waals surface area contributed by atoms with Crippen LogP contribution in [0.4, 0.5) is 11.4 Å². The van der Waals surface area contributed by atoms with Crippen molar-refractivity contribution in [1.82, 2.24) is 9.78 Å². The number of hydrogen-bond acceptors (Lipinski definition) is 4. The Labute approximate surface area is 123 Å². The molecule has 2 N–H and O–H groups in total. The summed E-state index contributed by atoms with van der Waals surface area (Å²) >= 11 is 0. The van der Waals surface area contributed by atoms with E-state index in [4.69, 9.17) is 4.74 Å². The largest absolute Gasteiger partial charge is 0.489 e. The first-order valence-electron chi connectivity index (χ1n) is 7.02. The Morgan fingerprint density at radius 3 is 3.19 bits per heavy atom. The molecule has 0 bridgehead atoms. The summed E-state index contributed by atoms with van der Waals surface area (Å²) in [5.74, 6) is 0.432. The van der Waals surface area contributed by atoms with E-state index in [1.54, 1.807) is 10.7 Å². The first kappa shape index (κ1) is 13.5. The maximum absolute atomic E-state index is 12.5. The highest BCUT2D eigenvalue weighted by Gasteiger charge is 2.20. The third kappa shape index (κ3) is 2.56. The van der Waals surface area contributed by atoms with E-state index >= 15 is 0 Å². The van der Waals surface area contributed by atoms with Gasteiger partial charge in [-0.3, -0.25) is 9.48 Å². The third-order valence-electron chi connectivity index (χ3n) is 3.41. The van der Waals surface area contributed by atoms with Crippen LogP contribution in [0, 0.1) is 0 Å². The Balaban J connectivity index is 1.89. The molecule has 2 heterocycles.